The van der Waals surface area contributed by atoms with E-state index < -0.39 is 0 Å². The molecule has 0 spiro atoms. The van der Waals surface area contributed by atoms with E-state index in [1.807, 2.05) is 30.3 Å². The van der Waals surface area contributed by atoms with Crippen LogP contribution in [0.4, 0.5) is 4.39 Å². The van der Waals surface area contributed by atoms with Crippen LogP contribution in [0.1, 0.15) is 42.8 Å². The summed E-state index contributed by atoms with van der Waals surface area (Å²) in [4.78, 5) is 0. The lowest BCUT2D eigenvalue weighted by Gasteiger charge is -2.19. The highest BCUT2D eigenvalue weighted by atomic mass is 19.1. The van der Waals surface area contributed by atoms with Crippen LogP contribution in [0.2, 0.25) is 0 Å². The van der Waals surface area contributed by atoms with Gasteiger partial charge in [0.2, 0.25) is 0 Å². The van der Waals surface area contributed by atoms with E-state index in [1.54, 1.807) is 0 Å². The van der Waals surface area contributed by atoms with Gasteiger partial charge in [0.1, 0.15) is 17.2 Å². The zero-order valence-corrected chi connectivity index (χ0v) is 13.1. The van der Waals surface area contributed by atoms with Crippen LogP contribution in [-0.4, -0.2) is 0 Å². The van der Waals surface area contributed by atoms with Crippen molar-refractivity contribution in [2.45, 2.75) is 32.9 Å². The summed E-state index contributed by atoms with van der Waals surface area (Å²) in [5, 5.41) is 4.67. The minimum absolute atomic E-state index is 0.0763. The highest BCUT2D eigenvalue weighted by Gasteiger charge is 2.18. The smallest absolute Gasteiger partial charge is 0.134 e. The maximum atomic E-state index is 13.0. The van der Waals surface area contributed by atoms with E-state index in [0.717, 1.165) is 22.3 Å². The summed E-state index contributed by atoms with van der Waals surface area (Å²) < 4.78 is 19.0. The number of benzene rings is 2. The highest BCUT2D eigenvalue weighted by Crippen LogP contribution is 2.30. The van der Waals surface area contributed by atoms with Crippen molar-refractivity contribution in [1.29, 1.82) is 0 Å². The summed E-state index contributed by atoms with van der Waals surface area (Å²) in [6.07, 6.45) is 0. The van der Waals surface area contributed by atoms with Gasteiger partial charge in [-0.3, -0.25) is 0 Å². The monoisotopic (exact) mass is 297 g/mol. The van der Waals surface area contributed by atoms with Crippen molar-refractivity contribution in [2.24, 2.45) is 0 Å². The van der Waals surface area contributed by atoms with Crippen LogP contribution in [0.15, 0.2) is 52.9 Å². The molecule has 2 nitrogen and oxygen atoms in total. The molecule has 114 valence electrons. The Morgan fingerprint density at radius 3 is 2.32 bits per heavy atom. The molecule has 0 fully saturated rings. The van der Waals surface area contributed by atoms with Gasteiger partial charge in [-0.15, -0.1) is 0 Å². The summed E-state index contributed by atoms with van der Waals surface area (Å²) in [6, 6.07) is 14.9. The Morgan fingerprint density at radius 1 is 0.955 bits per heavy atom. The standard InChI is InChI=1S/C19H20FNO/c1-12-17-6-4-5-7-18(17)22-19(12)14(3)21-13(2)15-8-10-16(20)11-9-15/h4-11,13-14,21H,1-3H3. The first-order chi connectivity index (χ1) is 10.6. The molecule has 2 aromatic carbocycles. The van der Waals surface area contributed by atoms with Crippen molar-refractivity contribution in [3.8, 4) is 0 Å². The van der Waals surface area contributed by atoms with Gasteiger partial charge in [-0.2, -0.15) is 0 Å². The van der Waals surface area contributed by atoms with Gasteiger partial charge < -0.3 is 9.73 Å². The number of halogens is 1. The Morgan fingerprint density at radius 2 is 1.64 bits per heavy atom. The average Bonchev–Trinajstić information content (AvgIpc) is 2.85. The van der Waals surface area contributed by atoms with Crippen LogP contribution < -0.4 is 5.32 Å². The lowest BCUT2D eigenvalue weighted by molar-refractivity contribution is 0.414. The normalized spacial score (nSPS) is 14.2. The molecular formula is C19H20FNO. The molecule has 0 aliphatic heterocycles. The zero-order chi connectivity index (χ0) is 15.7. The van der Waals surface area contributed by atoms with Gasteiger partial charge in [0, 0.05) is 11.4 Å². The molecule has 1 aromatic heterocycles. The molecule has 3 heteroatoms. The van der Waals surface area contributed by atoms with Crippen LogP contribution in [0.5, 0.6) is 0 Å². The predicted octanol–water partition coefficient (Wildman–Crippen LogP) is 5.29. The van der Waals surface area contributed by atoms with Crippen molar-refractivity contribution < 1.29 is 8.81 Å². The van der Waals surface area contributed by atoms with E-state index in [0.29, 0.717) is 0 Å². The van der Waals surface area contributed by atoms with Crippen LogP contribution in [-0.2, 0) is 0 Å². The van der Waals surface area contributed by atoms with Gasteiger partial charge in [-0.05, 0) is 50.1 Å². The lowest BCUT2D eigenvalue weighted by Crippen LogP contribution is -2.22. The molecule has 22 heavy (non-hydrogen) atoms. The molecule has 0 amide bonds. The number of hydrogen-bond donors (Lipinski definition) is 1. The number of aryl methyl sites for hydroxylation is 1. The van der Waals surface area contributed by atoms with E-state index >= 15 is 0 Å². The second kappa shape index (κ2) is 5.93. The maximum absolute atomic E-state index is 13.0. The highest BCUT2D eigenvalue weighted by molar-refractivity contribution is 5.82. The van der Waals surface area contributed by atoms with Crippen LogP contribution in [0.25, 0.3) is 11.0 Å². The van der Waals surface area contributed by atoms with Crippen molar-refractivity contribution in [2.75, 3.05) is 0 Å². The molecule has 0 aliphatic carbocycles. The minimum atomic E-state index is -0.211. The van der Waals surface area contributed by atoms with Gasteiger partial charge in [0.25, 0.3) is 0 Å². The quantitative estimate of drug-likeness (QED) is 0.707. The van der Waals surface area contributed by atoms with Gasteiger partial charge >= 0.3 is 0 Å². The van der Waals surface area contributed by atoms with Gasteiger partial charge in [0.15, 0.2) is 0 Å². The summed E-state index contributed by atoms with van der Waals surface area (Å²) in [5.41, 5.74) is 3.14. The molecule has 0 aliphatic rings. The first kappa shape index (κ1) is 14.8. The fraction of sp³-hybridized carbons (Fsp3) is 0.263. The molecule has 0 saturated carbocycles. The molecule has 2 unspecified atom stereocenters. The van der Waals surface area contributed by atoms with Gasteiger partial charge in [0.05, 0.1) is 6.04 Å². The molecule has 0 bridgehead atoms. The number of hydrogen-bond acceptors (Lipinski definition) is 2. The van der Waals surface area contributed by atoms with E-state index in [1.165, 1.54) is 17.7 Å². The number of nitrogens with one attached hydrogen (secondary N) is 1. The van der Waals surface area contributed by atoms with Crippen LogP contribution in [0, 0.1) is 12.7 Å². The molecule has 3 rings (SSSR count). The number of fused-ring (bicyclic) bond motifs is 1. The topological polar surface area (TPSA) is 25.2 Å². The summed E-state index contributed by atoms with van der Waals surface area (Å²) >= 11 is 0. The SMILES string of the molecule is Cc1c(C(C)NC(C)c2ccc(F)cc2)oc2ccccc12. The maximum Gasteiger partial charge on any atom is 0.134 e. The molecule has 2 atom stereocenters. The summed E-state index contributed by atoms with van der Waals surface area (Å²) in [5.74, 6) is 0.743. The Hall–Kier alpha value is -2.13. The summed E-state index contributed by atoms with van der Waals surface area (Å²) in [7, 11) is 0. The van der Waals surface area contributed by atoms with E-state index in [4.69, 9.17) is 4.42 Å². The predicted molar refractivity (Wildman–Crippen MR) is 87.3 cm³/mol. The van der Waals surface area contributed by atoms with E-state index in [-0.39, 0.29) is 17.9 Å². The summed E-state index contributed by atoms with van der Waals surface area (Å²) in [6.45, 7) is 6.24. The number of para-hydroxylation sites is 1. The van der Waals surface area contributed by atoms with E-state index in [2.05, 4.69) is 32.2 Å². The molecule has 1 heterocycles. The molecule has 0 saturated heterocycles. The number of rotatable bonds is 4. The lowest BCUT2D eigenvalue weighted by atomic mass is 10.1. The molecule has 0 radical (unpaired) electrons. The Bertz CT molecular complexity index is 776. The van der Waals surface area contributed by atoms with Crippen LogP contribution in [0.3, 0.4) is 0 Å². The molecule has 3 aromatic rings. The van der Waals surface area contributed by atoms with Crippen molar-refractivity contribution >= 4 is 11.0 Å². The van der Waals surface area contributed by atoms with Gasteiger partial charge in [-0.1, -0.05) is 30.3 Å². The first-order valence-corrected chi connectivity index (χ1v) is 7.56. The Kier molecular flexibility index (Phi) is 3.99. The third-order valence-electron chi connectivity index (χ3n) is 4.14. The average molecular weight is 297 g/mol. The molecular weight excluding hydrogens is 277 g/mol. The fourth-order valence-corrected chi connectivity index (χ4v) is 2.90. The Labute approximate surface area is 130 Å². The first-order valence-electron chi connectivity index (χ1n) is 7.56. The number of furan rings is 1. The van der Waals surface area contributed by atoms with Gasteiger partial charge in [-0.25, -0.2) is 4.39 Å². The largest absolute Gasteiger partial charge is 0.459 e. The fourth-order valence-electron chi connectivity index (χ4n) is 2.90. The van der Waals surface area contributed by atoms with Crippen molar-refractivity contribution in [3.63, 3.8) is 0 Å². The van der Waals surface area contributed by atoms with E-state index in [9.17, 15) is 4.39 Å². The van der Waals surface area contributed by atoms with Crippen molar-refractivity contribution in [3.05, 3.63) is 71.2 Å². The third kappa shape index (κ3) is 2.77. The minimum Gasteiger partial charge on any atom is -0.459 e. The molecule has 1 N–H and O–H groups in total. The second-order valence-electron chi connectivity index (χ2n) is 5.75. The van der Waals surface area contributed by atoms with Crippen LogP contribution >= 0.6 is 0 Å². The Balaban J connectivity index is 1.82. The zero-order valence-electron chi connectivity index (χ0n) is 13.1. The third-order valence-corrected chi connectivity index (χ3v) is 4.14. The second-order valence-corrected chi connectivity index (χ2v) is 5.75. The van der Waals surface area contributed by atoms with Crippen molar-refractivity contribution in [1.82, 2.24) is 5.32 Å².